The van der Waals surface area contributed by atoms with Gasteiger partial charge in [-0.3, -0.25) is 0 Å². The van der Waals surface area contributed by atoms with Crippen molar-refractivity contribution in [3.8, 4) is 0 Å². The average Bonchev–Trinajstić information content (AvgIpc) is 2.08. The second-order valence-corrected chi connectivity index (χ2v) is 4.26. The van der Waals surface area contributed by atoms with Crippen molar-refractivity contribution in [3.63, 3.8) is 0 Å². The highest BCUT2D eigenvalue weighted by atomic mass is 16.6. The molecule has 0 aromatic heterocycles. The monoisotopic (exact) mass is 206 g/mol. The Labute approximate surface area is 82.9 Å². The molecular formula is C9H18O5. The molecule has 84 valence electrons. The molecule has 5 nitrogen and oxygen atoms in total. The third-order valence-electron chi connectivity index (χ3n) is 2.38. The van der Waals surface area contributed by atoms with Gasteiger partial charge in [0.2, 0.25) is 0 Å². The van der Waals surface area contributed by atoms with Crippen molar-refractivity contribution in [3.05, 3.63) is 0 Å². The van der Waals surface area contributed by atoms with Crippen LogP contribution in [0.4, 0.5) is 0 Å². The molecular weight excluding hydrogens is 188 g/mol. The summed E-state index contributed by atoms with van der Waals surface area (Å²) in [5, 5.41) is 37.9. The molecule has 0 aromatic rings. The minimum absolute atomic E-state index is 0.122. The van der Waals surface area contributed by atoms with Crippen LogP contribution in [0.2, 0.25) is 0 Å². The Kier molecular flexibility index (Phi) is 3.49. The van der Waals surface area contributed by atoms with Gasteiger partial charge in [0, 0.05) is 6.42 Å². The van der Waals surface area contributed by atoms with Gasteiger partial charge in [0.1, 0.15) is 18.3 Å². The molecule has 1 heterocycles. The first-order valence-electron chi connectivity index (χ1n) is 4.77. The van der Waals surface area contributed by atoms with Crippen LogP contribution in [-0.4, -0.2) is 51.1 Å². The first-order chi connectivity index (χ1) is 6.37. The normalized spacial score (nSPS) is 44.4. The van der Waals surface area contributed by atoms with Crippen molar-refractivity contribution in [2.75, 3.05) is 6.61 Å². The molecule has 1 aliphatic rings. The van der Waals surface area contributed by atoms with Gasteiger partial charge in [0.25, 0.3) is 0 Å². The van der Waals surface area contributed by atoms with Crippen LogP contribution in [0.3, 0.4) is 0 Å². The first kappa shape index (κ1) is 11.9. The molecule has 1 aliphatic heterocycles. The molecule has 1 fully saturated rings. The van der Waals surface area contributed by atoms with Gasteiger partial charge in [0.05, 0.1) is 6.61 Å². The van der Waals surface area contributed by atoms with Crippen LogP contribution >= 0.6 is 0 Å². The number of rotatable bonds is 2. The minimum atomic E-state index is -1.74. The lowest BCUT2D eigenvalue weighted by atomic mass is 9.90. The molecule has 0 bridgehead atoms. The van der Waals surface area contributed by atoms with Crippen molar-refractivity contribution < 1.29 is 25.2 Å². The van der Waals surface area contributed by atoms with Crippen molar-refractivity contribution in [2.45, 2.75) is 44.4 Å². The van der Waals surface area contributed by atoms with E-state index in [0.29, 0.717) is 0 Å². The fraction of sp³-hybridized carbons (Fsp3) is 1.00. The van der Waals surface area contributed by atoms with Crippen molar-refractivity contribution in [1.29, 1.82) is 0 Å². The lowest BCUT2D eigenvalue weighted by Gasteiger charge is -2.42. The molecule has 5 heteroatoms. The van der Waals surface area contributed by atoms with E-state index in [1.54, 1.807) is 0 Å². The molecule has 2 unspecified atom stereocenters. The molecule has 0 aliphatic carbocycles. The molecule has 0 spiro atoms. The highest BCUT2D eigenvalue weighted by Crippen LogP contribution is 2.29. The van der Waals surface area contributed by atoms with E-state index in [2.05, 4.69) is 0 Å². The van der Waals surface area contributed by atoms with Gasteiger partial charge in [-0.1, -0.05) is 13.8 Å². The maximum absolute atomic E-state index is 9.86. The second kappa shape index (κ2) is 4.12. The number of hydrogen-bond acceptors (Lipinski definition) is 5. The topological polar surface area (TPSA) is 90.2 Å². The van der Waals surface area contributed by atoms with Crippen molar-refractivity contribution in [1.82, 2.24) is 0 Å². The molecule has 1 saturated heterocycles. The summed E-state index contributed by atoms with van der Waals surface area (Å²) in [7, 11) is 0. The fourth-order valence-electron chi connectivity index (χ4n) is 1.66. The zero-order chi connectivity index (χ0) is 10.9. The van der Waals surface area contributed by atoms with Gasteiger partial charge in [0.15, 0.2) is 5.79 Å². The Morgan fingerprint density at radius 2 is 1.93 bits per heavy atom. The Morgan fingerprint density at radius 3 is 2.43 bits per heavy atom. The Hall–Kier alpha value is -0.200. The maximum Gasteiger partial charge on any atom is 0.194 e. The van der Waals surface area contributed by atoms with E-state index in [1.807, 2.05) is 13.8 Å². The van der Waals surface area contributed by atoms with Crippen LogP contribution in [-0.2, 0) is 4.74 Å². The van der Waals surface area contributed by atoms with Crippen LogP contribution in [0.15, 0.2) is 0 Å². The molecule has 4 N–H and O–H groups in total. The van der Waals surface area contributed by atoms with Gasteiger partial charge in [-0.05, 0) is 5.92 Å². The highest BCUT2D eigenvalue weighted by molar-refractivity contribution is 4.91. The van der Waals surface area contributed by atoms with E-state index in [4.69, 9.17) is 9.84 Å². The quantitative estimate of drug-likeness (QED) is 0.457. The summed E-state index contributed by atoms with van der Waals surface area (Å²) in [6.07, 6.45) is -3.74. The lowest BCUT2D eigenvalue weighted by Crippen LogP contribution is -2.61. The van der Waals surface area contributed by atoms with Gasteiger partial charge >= 0.3 is 0 Å². The molecule has 4 atom stereocenters. The summed E-state index contributed by atoms with van der Waals surface area (Å²) >= 11 is 0. The van der Waals surface area contributed by atoms with Crippen molar-refractivity contribution >= 4 is 0 Å². The average molecular weight is 206 g/mol. The SMILES string of the molecule is CC(C)CC1(O)OC[C@H](O)C(O)[C@@H]1O. The highest BCUT2D eigenvalue weighted by Gasteiger charge is 2.48. The van der Waals surface area contributed by atoms with E-state index >= 15 is 0 Å². The molecule has 0 radical (unpaired) electrons. The molecule has 1 rings (SSSR count). The Bertz CT molecular complexity index is 196. The molecule has 0 saturated carbocycles. The Balaban J connectivity index is 2.69. The summed E-state index contributed by atoms with van der Waals surface area (Å²) < 4.78 is 4.97. The van der Waals surface area contributed by atoms with E-state index in [9.17, 15) is 15.3 Å². The number of hydrogen-bond donors (Lipinski definition) is 4. The fourth-order valence-corrected chi connectivity index (χ4v) is 1.66. The van der Waals surface area contributed by atoms with Gasteiger partial charge < -0.3 is 25.2 Å². The molecule has 0 amide bonds. The van der Waals surface area contributed by atoms with E-state index < -0.39 is 24.1 Å². The largest absolute Gasteiger partial charge is 0.388 e. The third kappa shape index (κ3) is 2.24. The van der Waals surface area contributed by atoms with Gasteiger partial charge in [-0.25, -0.2) is 0 Å². The summed E-state index contributed by atoms with van der Waals surface area (Å²) in [5.74, 6) is -1.62. The summed E-state index contributed by atoms with van der Waals surface area (Å²) in [5.41, 5.74) is 0. The number of aliphatic hydroxyl groups is 4. The van der Waals surface area contributed by atoms with E-state index in [-0.39, 0.29) is 18.9 Å². The van der Waals surface area contributed by atoms with Crippen LogP contribution in [0.25, 0.3) is 0 Å². The van der Waals surface area contributed by atoms with Gasteiger partial charge in [-0.15, -0.1) is 0 Å². The molecule has 14 heavy (non-hydrogen) atoms. The standard InChI is InChI=1S/C9H18O5/c1-5(2)3-9(13)8(12)7(11)6(10)4-14-9/h5-8,10-13H,3-4H2,1-2H3/t6-,7?,8-,9?/m0/s1. The van der Waals surface area contributed by atoms with Crippen LogP contribution in [0, 0.1) is 5.92 Å². The Morgan fingerprint density at radius 1 is 1.36 bits per heavy atom. The summed E-state index contributed by atoms with van der Waals surface area (Å²) in [4.78, 5) is 0. The predicted molar refractivity (Wildman–Crippen MR) is 48.4 cm³/mol. The zero-order valence-corrected chi connectivity index (χ0v) is 8.42. The first-order valence-corrected chi connectivity index (χ1v) is 4.77. The van der Waals surface area contributed by atoms with Crippen LogP contribution < -0.4 is 0 Å². The number of aliphatic hydroxyl groups excluding tert-OH is 3. The van der Waals surface area contributed by atoms with Gasteiger partial charge in [-0.2, -0.15) is 0 Å². The summed E-state index contributed by atoms with van der Waals surface area (Å²) in [6.45, 7) is 3.57. The van der Waals surface area contributed by atoms with E-state index in [0.717, 1.165) is 0 Å². The van der Waals surface area contributed by atoms with Crippen LogP contribution in [0.5, 0.6) is 0 Å². The number of ether oxygens (including phenoxy) is 1. The smallest absolute Gasteiger partial charge is 0.194 e. The third-order valence-corrected chi connectivity index (χ3v) is 2.38. The lowest BCUT2D eigenvalue weighted by molar-refractivity contribution is -0.326. The maximum atomic E-state index is 9.86. The predicted octanol–water partition coefficient (Wildman–Crippen LogP) is -1.17. The zero-order valence-electron chi connectivity index (χ0n) is 8.42. The van der Waals surface area contributed by atoms with Crippen LogP contribution in [0.1, 0.15) is 20.3 Å². The second-order valence-electron chi connectivity index (χ2n) is 4.26. The van der Waals surface area contributed by atoms with Crippen molar-refractivity contribution in [2.24, 2.45) is 5.92 Å². The minimum Gasteiger partial charge on any atom is -0.388 e. The summed E-state index contributed by atoms with van der Waals surface area (Å²) in [6, 6.07) is 0. The van der Waals surface area contributed by atoms with E-state index in [1.165, 1.54) is 0 Å². The molecule has 0 aromatic carbocycles.